The van der Waals surface area contributed by atoms with Gasteiger partial charge in [-0.3, -0.25) is 0 Å². The van der Waals surface area contributed by atoms with Crippen LogP contribution in [0, 0.1) is 0 Å². The Bertz CT molecular complexity index is 360. The highest BCUT2D eigenvalue weighted by molar-refractivity contribution is 5.80. The minimum atomic E-state index is -0.908. The zero-order valence-corrected chi connectivity index (χ0v) is 16.7. The van der Waals surface area contributed by atoms with Gasteiger partial charge in [0.15, 0.2) is 0 Å². The summed E-state index contributed by atoms with van der Waals surface area (Å²) in [4.78, 5) is 10.2. The van der Waals surface area contributed by atoms with Gasteiger partial charge in [0.1, 0.15) is 0 Å². The number of allylic oxidation sites excluding steroid dienone is 5. The van der Waals surface area contributed by atoms with Gasteiger partial charge in [0.2, 0.25) is 0 Å². The van der Waals surface area contributed by atoms with Crippen LogP contribution in [-0.2, 0) is 4.79 Å². The molecule has 0 aliphatic rings. The number of aliphatic carboxylic acids is 1. The molecule has 0 spiro atoms. The van der Waals surface area contributed by atoms with Crippen LogP contribution in [0.3, 0.4) is 0 Å². The van der Waals surface area contributed by atoms with E-state index < -0.39 is 5.97 Å². The lowest BCUT2D eigenvalue weighted by Crippen LogP contribution is -2.02. The van der Waals surface area contributed by atoms with Crippen LogP contribution < -0.4 is 5.73 Å². The Labute approximate surface area is 160 Å². The van der Waals surface area contributed by atoms with Gasteiger partial charge in [-0.05, 0) is 12.8 Å². The largest absolute Gasteiger partial charge is 0.478 e. The SMILES string of the molecule is CCCCCCCCCCCCCC=CC=C/C=C\C(=O)O.NCCO. The molecule has 0 amide bonds. The Balaban J connectivity index is 0. The van der Waals surface area contributed by atoms with Gasteiger partial charge in [0, 0.05) is 12.6 Å². The Morgan fingerprint density at radius 2 is 1.27 bits per heavy atom. The summed E-state index contributed by atoms with van der Waals surface area (Å²) in [5.74, 6) is -0.908. The van der Waals surface area contributed by atoms with E-state index in [1.807, 2.05) is 12.2 Å². The second-order valence-electron chi connectivity index (χ2n) is 6.35. The molecule has 0 atom stereocenters. The van der Waals surface area contributed by atoms with Crippen molar-refractivity contribution in [2.75, 3.05) is 13.2 Å². The topological polar surface area (TPSA) is 83.5 Å². The number of carboxylic acids is 1. The highest BCUT2D eigenvalue weighted by Gasteiger charge is 1.92. The van der Waals surface area contributed by atoms with Crippen LogP contribution in [0.5, 0.6) is 0 Å². The normalized spacial score (nSPS) is 11.3. The van der Waals surface area contributed by atoms with Gasteiger partial charge in [0.25, 0.3) is 0 Å². The number of unbranched alkanes of at least 4 members (excludes halogenated alkanes) is 11. The summed E-state index contributed by atoms with van der Waals surface area (Å²) >= 11 is 0. The maximum absolute atomic E-state index is 10.2. The van der Waals surface area contributed by atoms with Gasteiger partial charge in [-0.1, -0.05) is 102 Å². The molecule has 0 radical (unpaired) electrons. The minimum Gasteiger partial charge on any atom is -0.478 e. The summed E-state index contributed by atoms with van der Waals surface area (Å²) in [5.41, 5.74) is 4.78. The lowest BCUT2D eigenvalue weighted by atomic mass is 10.1. The molecule has 0 saturated heterocycles. The minimum absolute atomic E-state index is 0.0972. The number of nitrogens with two attached hydrogens (primary N) is 1. The average molecular weight is 368 g/mol. The van der Waals surface area contributed by atoms with Gasteiger partial charge >= 0.3 is 5.97 Å². The van der Waals surface area contributed by atoms with Gasteiger partial charge in [-0.2, -0.15) is 0 Å². The molecule has 26 heavy (non-hydrogen) atoms. The number of rotatable bonds is 16. The van der Waals surface area contributed by atoms with E-state index in [0.717, 1.165) is 12.5 Å². The third-order valence-electron chi connectivity index (χ3n) is 3.81. The molecule has 152 valence electrons. The van der Waals surface area contributed by atoms with Gasteiger partial charge in [0.05, 0.1) is 6.61 Å². The lowest BCUT2D eigenvalue weighted by Gasteiger charge is -2.01. The highest BCUT2D eigenvalue weighted by Crippen LogP contribution is 2.11. The third kappa shape index (κ3) is 30.5. The second-order valence-corrected chi connectivity index (χ2v) is 6.35. The fourth-order valence-corrected chi connectivity index (χ4v) is 2.37. The number of hydrogen-bond acceptors (Lipinski definition) is 3. The van der Waals surface area contributed by atoms with Crippen LogP contribution in [0.4, 0.5) is 0 Å². The van der Waals surface area contributed by atoms with Crippen molar-refractivity contribution < 1.29 is 15.0 Å². The number of carbonyl (C=O) groups is 1. The van der Waals surface area contributed by atoms with E-state index in [9.17, 15) is 4.79 Å². The molecular formula is C22H41NO3. The maximum atomic E-state index is 10.2. The summed E-state index contributed by atoms with van der Waals surface area (Å²) in [6.07, 6.45) is 26.7. The van der Waals surface area contributed by atoms with Crippen LogP contribution in [0.1, 0.15) is 84.0 Å². The van der Waals surface area contributed by atoms with Crippen molar-refractivity contribution in [2.24, 2.45) is 5.73 Å². The molecule has 4 heteroatoms. The zero-order valence-electron chi connectivity index (χ0n) is 16.7. The average Bonchev–Trinajstić information content (AvgIpc) is 2.64. The van der Waals surface area contributed by atoms with E-state index >= 15 is 0 Å². The Hall–Kier alpha value is -1.39. The lowest BCUT2D eigenvalue weighted by molar-refractivity contribution is -0.131. The van der Waals surface area contributed by atoms with E-state index in [1.165, 1.54) is 76.7 Å². The van der Waals surface area contributed by atoms with Crippen LogP contribution in [0.25, 0.3) is 0 Å². The summed E-state index contributed by atoms with van der Waals surface area (Å²) < 4.78 is 0. The molecule has 0 bridgehead atoms. The first-order valence-corrected chi connectivity index (χ1v) is 10.2. The van der Waals surface area contributed by atoms with Gasteiger partial charge in [-0.15, -0.1) is 0 Å². The predicted molar refractivity (Wildman–Crippen MR) is 112 cm³/mol. The first-order chi connectivity index (χ1) is 12.7. The molecule has 0 rings (SSSR count). The summed E-state index contributed by atoms with van der Waals surface area (Å²) in [6, 6.07) is 0. The summed E-state index contributed by atoms with van der Waals surface area (Å²) in [7, 11) is 0. The van der Waals surface area contributed by atoms with E-state index in [2.05, 4.69) is 13.0 Å². The molecule has 4 nitrogen and oxygen atoms in total. The van der Waals surface area contributed by atoms with Crippen molar-refractivity contribution in [3.05, 3.63) is 36.5 Å². The summed E-state index contributed by atoms with van der Waals surface area (Å²) in [5, 5.41) is 16.2. The van der Waals surface area contributed by atoms with Crippen molar-refractivity contribution in [1.82, 2.24) is 0 Å². The van der Waals surface area contributed by atoms with Crippen molar-refractivity contribution in [1.29, 1.82) is 0 Å². The van der Waals surface area contributed by atoms with Crippen molar-refractivity contribution in [2.45, 2.75) is 84.0 Å². The smallest absolute Gasteiger partial charge is 0.328 e. The molecule has 0 aromatic heterocycles. The monoisotopic (exact) mass is 367 g/mol. The van der Waals surface area contributed by atoms with E-state index in [0.29, 0.717) is 6.54 Å². The first-order valence-electron chi connectivity index (χ1n) is 10.2. The fraction of sp³-hybridized carbons (Fsp3) is 0.682. The molecule has 0 heterocycles. The van der Waals surface area contributed by atoms with E-state index in [1.54, 1.807) is 6.08 Å². The zero-order chi connectivity index (χ0) is 19.7. The molecular weight excluding hydrogens is 326 g/mol. The molecule has 0 saturated carbocycles. The van der Waals surface area contributed by atoms with Crippen LogP contribution in [-0.4, -0.2) is 29.3 Å². The summed E-state index contributed by atoms with van der Waals surface area (Å²) in [6.45, 7) is 2.74. The molecule has 0 aliphatic heterocycles. The van der Waals surface area contributed by atoms with Crippen LogP contribution in [0.15, 0.2) is 36.5 Å². The second kappa shape index (κ2) is 25.8. The predicted octanol–water partition coefficient (Wildman–Crippen LogP) is 5.38. The first kappa shape index (κ1) is 26.8. The van der Waals surface area contributed by atoms with Gasteiger partial charge < -0.3 is 15.9 Å². The molecule has 0 aliphatic carbocycles. The number of hydrogen-bond donors (Lipinski definition) is 3. The van der Waals surface area contributed by atoms with E-state index in [-0.39, 0.29) is 6.61 Å². The fourth-order valence-electron chi connectivity index (χ4n) is 2.37. The Kier molecular flexibility index (Phi) is 26.7. The Morgan fingerprint density at radius 1 is 0.808 bits per heavy atom. The van der Waals surface area contributed by atoms with Crippen LogP contribution >= 0.6 is 0 Å². The number of carboxylic acid groups (broad SMARTS) is 1. The third-order valence-corrected chi connectivity index (χ3v) is 3.81. The number of aliphatic hydroxyl groups is 1. The highest BCUT2D eigenvalue weighted by atomic mass is 16.4. The van der Waals surface area contributed by atoms with Crippen molar-refractivity contribution >= 4 is 5.97 Å². The molecule has 0 aromatic rings. The number of aliphatic hydroxyl groups excluding tert-OH is 1. The molecule has 4 N–H and O–H groups in total. The quantitative estimate of drug-likeness (QED) is 0.194. The standard InChI is InChI=1S/C20H34O2.C2H7NO/c1-2-3-4-5-6-7-8-9-10-11-12-13-14-15-16-17-18-19-20(21)22;3-1-2-4/h14-19H,2-13H2,1H3,(H,21,22);4H,1-3H2/b15-14?,17-16?,19-18-;. The molecule has 0 unspecified atom stereocenters. The van der Waals surface area contributed by atoms with E-state index in [4.69, 9.17) is 15.9 Å². The molecule has 0 fully saturated rings. The van der Waals surface area contributed by atoms with Crippen molar-refractivity contribution in [3.63, 3.8) is 0 Å². The van der Waals surface area contributed by atoms with Crippen molar-refractivity contribution in [3.8, 4) is 0 Å². The maximum Gasteiger partial charge on any atom is 0.328 e. The Morgan fingerprint density at radius 3 is 1.73 bits per heavy atom. The van der Waals surface area contributed by atoms with Crippen LogP contribution in [0.2, 0.25) is 0 Å². The molecule has 0 aromatic carbocycles. The van der Waals surface area contributed by atoms with Gasteiger partial charge in [-0.25, -0.2) is 4.79 Å².